The number of piperidine rings is 1. The maximum atomic E-state index is 4.39. The Labute approximate surface area is 156 Å². The van der Waals surface area contributed by atoms with Gasteiger partial charge in [0.05, 0.1) is 11.4 Å². The Balaban J connectivity index is 1.30. The zero-order valence-corrected chi connectivity index (χ0v) is 16.5. The van der Waals surface area contributed by atoms with Crippen LogP contribution in [0.4, 0.5) is 5.82 Å². The molecule has 26 heavy (non-hydrogen) atoms. The Morgan fingerprint density at radius 1 is 1.15 bits per heavy atom. The van der Waals surface area contributed by atoms with Gasteiger partial charge in [-0.05, 0) is 49.3 Å². The van der Waals surface area contributed by atoms with Crippen LogP contribution in [0.3, 0.4) is 0 Å². The molecule has 2 aromatic rings. The molecular weight excluding hydrogens is 324 g/mol. The van der Waals surface area contributed by atoms with E-state index in [4.69, 9.17) is 0 Å². The average Bonchev–Trinajstić information content (AvgIpc) is 2.92. The molecule has 1 saturated heterocycles. The van der Waals surface area contributed by atoms with Gasteiger partial charge in [-0.2, -0.15) is 5.10 Å². The van der Waals surface area contributed by atoms with Crippen LogP contribution in [0.5, 0.6) is 0 Å². The summed E-state index contributed by atoms with van der Waals surface area (Å²) in [7, 11) is 1.93. The van der Waals surface area contributed by atoms with Gasteiger partial charge in [-0.3, -0.25) is 4.68 Å². The third kappa shape index (κ3) is 3.61. The Hall–Kier alpha value is -1.95. The zero-order chi connectivity index (χ0) is 18.5. The maximum absolute atomic E-state index is 4.39. The lowest BCUT2D eigenvalue weighted by Crippen LogP contribution is -2.30. The molecule has 1 unspecified atom stereocenters. The minimum absolute atomic E-state index is 0.425. The molecule has 0 bridgehead atoms. The van der Waals surface area contributed by atoms with Gasteiger partial charge in [-0.15, -0.1) is 10.2 Å². The van der Waals surface area contributed by atoms with Crippen molar-refractivity contribution in [3.05, 3.63) is 24.0 Å². The maximum Gasteiger partial charge on any atom is 0.148 e. The number of hydrogen-bond donors (Lipinski definition) is 1. The molecule has 0 amide bonds. The second-order valence-corrected chi connectivity index (χ2v) is 9.17. The molecule has 2 fully saturated rings. The molecule has 4 rings (SSSR count). The standard InChI is InChI=1S/C20H30N6/c1-13-14(10-25(5)24-13)17-6-7-18(23-22-17)21-19-15-11-26(12-16(15)19)9-8-20(2,3)4/h6-7,10,15-16,19H,8-9,11-12H2,1-5H3,(H,21,23)/t15-,16+,19?. The van der Waals surface area contributed by atoms with Crippen molar-refractivity contribution >= 4 is 5.82 Å². The highest BCUT2D eigenvalue weighted by Crippen LogP contribution is 2.47. The summed E-state index contributed by atoms with van der Waals surface area (Å²) in [4.78, 5) is 2.62. The minimum Gasteiger partial charge on any atom is -0.365 e. The van der Waals surface area contributed by atoms with Gasteiger partial charge in [0.15, 0.2) is 0 Å². The van der Waals surface area contributed by atoms with E-state index in [0.717, 1.165) is 34.6 Å². The molecule has 1 saturated carbocycles. The number of aryl methyl sites for hydroxylation is 2. The third-order valence-corrected chi connectivity index (χ3v) is 5.72. The summed E-state index contributed by atoms with van der Waals surface area (Å²) in [6.07, 6.45) is 3.26. The first-order valence-corrected chi connectivity index (χ1v) is 9.63. The van der Waals surface area contributed by atoms with E-state index in [9.17, 15) is 0 Å². The zero-order valence-electron chi connectivity index (χ0n) is 16.5. The molecule has 3 heterocycles. The number of nitrogens with one attached hydrogen (secondary N) is 1. The van der Waals surface area contributed by atoms with E-state index in [-0.39, 0.29) is 0 Å². The number of likely N-dealkylation sites (tertiary alicyclic amines) is 1. The van der Waals surface area contributed by atoms with Crippen LogP contribution in [0.15, 0.2) is 18.3 Å². The highest BCUT2D eigenvalue weighted by atomic mass is 15.3. The molecule has 0 radical (unpaired) electrons. The fourth-order valence-electron chi connectivity index (χ4n) is 4.08. The van der Waals surface area contributed by atoms with Crippen LogP contribution in [-0.2, 0) is 7.05 Å². The average molecular weight is 355 g/mol. The third-order valence-electron chi connectivity index (χ3n) is 5.72. The number of nitrogens with zero attached hydrogens (tertiary/aromatic N) is 5. The molecule has 0 spiro atoms. The lowest BCUT2D eigenvalue weighted by molar-refractivity contribution is 0.245. The highest BCUT2D eigenvalue weighted by Gasteiger charge is 2.55. The first-order chi connectivity index (χ1) is 12.3. The van der Waals surface area contributed by atoms with Crippen molar-refractivity contribution in [1.29, 1.82) is 0 Å². The minimum atomic E-state index is 0.425. The van der Waals surface area contributed by atoms with Gasteiger partial charge in [0, 0.05) is 37.9 Å². The fourth-order valence-corrected chi connectivity index (χ4v) is 4.08. The number of aromatic nitrogens is 4. The van der Waals surface area contributed by atoms with Crippen molar-refractivity contribution < 1.29 is 0 Å². The van der Waals surface area contributed by atoms with E-state index in [0.29, 0.717) is 11.5 Å². The summed E-state index contributed by atoms with van der Waals surface area (Å²) in [5.41, 5.74) is 3.33. The topological polar surface area (TPSA) is 58.9 Å². The molecule has 1 aliphatic heterocycles. The summed E-state index contributed by atoms with van der Waals surface area (Å²) in [5.74, 6) is 2.44. The smallest absolute Gasteiger partial charge is 0.148 e. The number of fused-ring (bicyclic) bond motifs is 1. The van der Waals surface area contributed by atoms with E-state index < -0.39 is 0 Å². The first kappa shape index (κ1) is 17.5. The monoisotopic (exact) mass is 354 g/mol. The Bertz CT molecular complexity index is 761. The second kappa shape index (κ2) is 6.34. The second-order valence-electron chi connectivity index (χ2n) is 9.17. The lowest BCUT2D eigenvalue weighted by Gasteiger charge is -2.25. The number of rotatable bonds is 5. The predicted octanol–water partition coefficient (Wildman–Crippen LogP) is 2.96. The van der Waals surface area contributed by atoms with Gasteiger partial charge in [-0.25, -0.2) is 0 Å². The number of anilines is 1. The van der Waals surface area contributed by atoms with Crippen LogP contribution in [0.1, 0.15) is 32.9 Å². The van der Waals surface area contributed by atoms with Gasteiger partial charge in [0.25, 0.3) is 0 Å². The summed E-state index contributed by atoms with van der Waals surface area (Å²) in [6.45, 7) is 12.6. The van der Waals surface area contributed by atoms with Crippen molar-refractivity contribution in [2.24, 2.45) is 24.3 Å². The van der Waals surface area contributed by atoms with E-state index in [1.165, 1.54) is 26.1 Å². The first-order valence-electron chi connectivity index (χ1n) is 9.63. The molecule has 6 heteroatoms. The van der Waals surface area contributed by atoms with Crippen LogP contribution in [-0.4, -0.2) is 50.6 Å². The van der Waals surface area contributed by atoms with Crippen molar-refractivity contribution in [3.8, 4) is 11.3 Å². The SMILES string of the molecule is Cc1nn(C)cc1-c1ccc(NC2[C@H]3CN(CCC(C)(C)C)C[C@@H]23)nn1. The van der Waals surface area contributed by atoms with Crippen LogP contribution in [0.2, 0.25) is 0 Å². The molecular formula is C20H30N6. The van der Waals surface area contributed by atoms with E-state index >= 15 is 0 Å². The largest absolute Gasteiger partial charge is 0.365 e. The number of hydrogen-bond acceptors (Lipinski definition) is 5. The summed E-state index contributed by atoms with van der Waals surface area (Å²) in [5, 5.41) is 16.7. The van der Waals surface area contributed by atoms with E-state index in [1.807, 2.05) is 37.0 Å². The van der Waals surface area contributed by atoms with Crippen LogP contribution in [0, 0.1) is 24.2 Å². The molecule has 6 nitrogen and oxygen atoms in total. The van der Waals surface area contributed by atoms with Crippen LogP contribution >= 0.6 is 0 Å². The van der Waals surface area contributed by atoms with E-state index in [2.05, 4.69) is 46.3 Å². The lowest BCUT2D eigenvalue weighted by atomic mass is 9.92. The van der Waals surface area contributed by atoms with Gasteiger partial charge < -0.3 is 10.2 Å². The van der Waals surface area contributed by atoms with Gasteiger partial charge >= 0.3 is 0 Å². The molecule has 2 aromatic heterocycles. The molecule has 1 aliphatic carbocycles. The quantitative estimate of drug-likeness (QED) is 0.894. The van der Waals surface area contributed by atoms with Crippen molar-refractivity contribution in [2.75, 3.05) is 25.0 Å². The highest BCUT2D eigenvalue weighted by molar-refractivity contribution is 5.61. The van der Waals surface area contributed by atoms with E-state index in [1.54, 1.807) is 0 Å². The molecule has 1 N–H and O–H groups in total. The van der Waals surface area contributed by atoms with Crippen LogP contribution < -0.4 is 5.32 Å². The molecule has 3 atom stereocenters. The van der Waals surface area contributed by atoms with Crippen molar-refractivity contribution in [1.82, 2.24) is 24.9 Å². The fraction of sp³-hybridized carbons (Fsp3) is 0.650. The molecule has 0 aromatic carbocycles. The summed E-state index contributed by atoms with van der Waals surface area (Å²) < 4.78 is 1.81. The Morgan fingerprint density at radius 3 is 2.42 bits per heavy atom. The van der Waals surface area contributed by atoms with Crippen molar-refractivity contribution in [2.45, 2.75) is 40.2 Å². The van der Waals surface area contributed by atoms with Gasteiger partial charge in [0.2, 0.25) is 0 Å². The Kier molecular flexibility index (Phi) is 4.26. The molecule has 2 aliphatic rings. The normalized spacial score (nSPS) is 25.3. The van der Waals surface area contributed by atoms with Gasteiger partial charge in [0.1, 0.15) is 5.82 Å². The van der Waals surface area contributed by atoms with Crippen molar-refractivity contribution in [3.63, 3.8) is 0 Å². The predicted molar refractivity (Wildman–Crippen MR) is 104 cm³/mol. The van der Waals surface area contributed by atoms with Crippen LogP contribution in [0.25, 0.3) is 11.3 Å². The molecule has 140 valence electrons. The van der Waals surface area contributed by atoms with Gasteiger partial charge in [-0.1, -0.05) is 20.8 Å². The Morgan fingerprint density at radius 2 is 1.88 bits per heavy atom. The summed E-state index contributed by atoms with van der Waals surface area (Å²) >= 11 is 0. The summed E-state index contributed by atoms with van der Waals surface area (Å²) in [6, 6.07) is 4.65.